The number of methoxy groups -OCH3 is 1. The van der Waals surface area contributed by atoms with Gasteiger partial charge in [0, 0.05) is 30.0 Å². The van der Waals surface area contributed by atoms with E-state index in [1.807, 2.05) is 55.5 Å². The number of hydrogen-bond acceptors (Lipinski definition) is 4. The summed E-state index contributed by atoms with van der Waals surface area (Å²) in [6.07, 6.45) is 1.25. The standard InChI is InChI=1S/C24H27N3O4/c1-16-18-7-3-5-9-20(18)31-22(16)15-25-24(29)27-13-11-17(12-14-27)23(28)26-19-8-4-6-10-21(19)30-2/h3-10,17H,11-15H2,1-2H3,(H,25,29)(H,26,28). The smallest absolute Gasteiger partial charge is 0.317 e. The predicted molar refractivity (Wildman–Crippen MR) is 119 cm³/mol. The number of para-hydroxylation sites is 3. The number of furan rings is 1. The lowest BCUT2D eigenvalue weighted by atomic mass is 9.96. The summed E-state index contributed by atoms with van der Waals surface area (Å²) in [7, 11) is 1.58. The molecule has 1 fully saturated rings. The van der Waals surface area contributed by atoms with E-state index < -0.39 is 0 Å². The van der Waals surface area contributed by atoms with E-state index in [1.54, 1.807) is 12.0 Å². The fourth-order valence-electron chi connectivity index (χ4n) is 3.99. The van der Waals surface area contributed by atoms with E-state index in [9.17, 15) is 9.59 Å². The van der Waals surface area contributed by atoms with Crippen molar-refractivity contribution in [2.75, 3.05) is 25.5 Å². The number of nitrogens with zero attached hydrogens (tertiary/aromatic N) is 1. The summed E-state index contributed by atoms with van der Waals surface area (Å²) in [5, 5.41) is 6.95. The molecule has 0 radical (unpaired) electrons. The van der Waals surface area contributed by atoms with Gasteiger partial charge in [0.1, 0.15) is 17.1 Å². The monoisotopic (exact) mass is 421 g/mol. The molecular formula is C24H27N3O4. The van der Waals surface area contributed by atoms with Gasteiger partial charge in [-0.2, -0.15) is 0 Å². The molecule has 0 saturated carbocycles. The number of aryl methyl sites for hydroxylation is 1. The van der Waals surface area contributed by atoms with Gasteiger partial charge in [0.05, 0.1) is 19.3 Å². The van der Waals surface area contributed by atoms with Gasteiger partial charge in [0.2, 0.25) is 5.91 Å². The number of amides is 3. The molecule has 7 heteroatoms. The normalized spacial score (nSPS) is 14.5. The van der Waals surface area contributed by atoms with Gasteiger partial charge in [-0.05, 0) is 38.0 Å². The number of piperidine rings is 1. The number of fused-ring (bicyclic) bond motifs is 1. The first kappa shape index (κ1) is 20.8. The Hall–Kier alpha value is -3.48. The second-order valence-corrected chi connectivity index (χ2v) is 7.76. The van der Waals surface area contributed by atoms with Crippen LogP contribution in [0.1, 0.15) is 24.2 Å². The van der Waals surface area contributed by atoms with Crippen LogP contribution in [0.2, 0.25) is 0 Å². The Bertz CT molecular complexity index is 1080. The van der Waals surface area contributed by atoms with Crippen LogP contribution in [0.4, 0.5) is 10.5 Å². The van der Waals surface area contributed by atoms with Gasteiger partial charge in [-0.3, -0.25) is 4.79 Å². The molecule has 1 saturated heterocycles. The van der Waals surface area contributed by atoms with Crippen LogP contribution >= 0.6 is 0 Å². The van der Waals surface area contributed by atoms with Crippen molar-refractivity contribution in [1.82, 2.24) is 10.2 Å². The summed E-state index contributed by atoms with van der Waals surface area (Å²) >= 11 is 0. The van der Waals surface area contributed by atoms with Gasteiger partial charge in [-0.15, -0.1) is 0 Å². The average molecular weight is 421 g/mol. The van der Waals surface area contributed by atoms with E-state index in [4.69, 9.17) is 9.15 Å². The molecule has 2 N–H and O–H groups in total. The van der Waals surface area contributed by atoms with Crippen molar-refractivity contribution in [2.24, 2.45) is 5.92 Å². The fraction of sp³-hybridized carbons (Fsp3) is 0.333. The predicted octanol–water partition coefficient (Wildman–Crippen LogP) is 4.31. The van der Waals surface area contributed by atoms with E-state index in [0.717, 1.165) is 22.3 Å². The molecule has 1 aliphatic heterocycles. The number of likely N-dealkylation sites (tertiary alicyclic amines) is 1. The van der Waals surface area contributed by atoms with E-state index in [2.05, 4.69) is 10.6 Å². The first-order chi connectivity index (χ1) is 15.1. The van der Waals surface area contributed by atoms with Crippen LogP contribution in [0.3, 0.4) is 0 Å². The van der Waals surface area contributed by atoms with Crippen LogP contribution in [-0.2, 0) is 11.3 Å². The second kappa shape index (κ2) is 9.12. The largest absolute Gasteiger partial charge is 0.495 e. The van der Waals surface area contributed by atoms with E-state index in [1.165, 1.54) is 0 Å². The average Bonchev–Trinajstić information content (AvgIpc) is 3.13. The molecule has 0 atom stereocenters. The van der Waals surface area contributed by atoms with Crippen LogP contribution in [0.15, 0.2) is 52.9 Å². The molecule has 31 heavy (non-hydrogen) atoms. The molecule has 2 aromatic carbocycles. The fourth-order valence-corrected chi connectivity index (χ4v) is 3.99. The van der Waals surface area contributed by atoms with E-state index in [-0.39, 0.29) is 17.9 Å². The highest BCUT2D eigenvalue weighted by molar-refractivity contribution is 5.94. The molecule has 1 aromatic heterocycles. The summed E-state index contributed by atoms with van der Waals surface area (Å²) in [6, 6.07) is 15.1. The summed E-state index contributed by atoms with van der Waals surface area (Å²) in [6.45, 7) is 3.41. The minimum Gasteiger partial charge on any atom is -0.495 e. The maximum atomic E-state index is 12.6. The lowest BCUT2D eigenvalue weighted by Crippen LogP contribution is -2.45. The lowest BCUT2D eigenvalue weighted by Gasteiger charge is -2.31. The molecular weight excluding hydrogens is 394 g/mol. The zero-order valence-corrected chi connectivity index (χ0v) is 17.8. The Morgan fingerprint density at radius 1 is 1.10 bits per heavy atom. The van der Waals surface area contributed by atoms with Gasteiger partial charge in [-0.1, -0.05) is 30.3 Å². The highest BCUT2D eigenvalue weighted by atomic mass is 16.5. The van der Waals surface area contributed by atoms with Gasteiger partial charge in [0.15, 0.2) is 0 Å². The van der Waals surface area contributed by atoms with Crippen molar-refractivity contribution in [2.45, 2.75) is 26.3 Å². The number of rotatable bonds is 5. The SMILES string of the molecule is COc1ccccc1NC(=O)C1CCN(C(=O)NCc2oc3ccccc3c2C)CC1. The van der Waals surface area contributed by atoms with Crippen molar-refractivity contribution >= 4 is 28.6 Å². The van der Waals surface area contributed by atoms with Crippen LogP contribution < -0.4 is 15.4 Å². The molecule has 0 bridgehead atoms. The third-order valence-corrected chi connectivity index (χ3v) is 5.86. The quantitative estimate of drug-likeness (QED) is 0.643. The Morgan fingerprint density at radius 3 is 2.55 bits per heavy atom. The minimum absolute atomic E-state index is 0.0394. The molecule has 0 aliphatic carbocycles. The number of benzene rings is 2. The van der Waals surface area contributed by atoms with Crippen molar-refractivity contribution in [3.8, 4) is 5.75 Å². The summed E-state index contributed by atoms with van der Waals surface area (Å²) in [5.41, 5.74) is 2.53. The summed E-state index contributed by atoms with van der Waals surface area (Å²) < 4.78 is 11.2. The molecule has 7 nitrogen and oxygen atoms in total. The van der Waals surface area contributed by atoms with Gasteiger partial charge < -0.3 is 24.7 Å². The summed E-state index contributed by atoms with van der Waals surface area (Å²) in [4.78, 5) is 27.0. The van der Waals surface area contributed by atoms with E-state index >= 15 is 0 Å². The van der Waals surface area contributed by atoms with Crippen LogP contribution in [0.5, 0.6) is 5.75 Å². The molecule has 0 spiro atoms. The maximum Gasteiger partial charge on any atom is 0.317 e. The van der Waals surface area contributed by atoms with Gasteiger partial charge >= 0.3 is 6.03 Å². The topological polar surface area (TPSA) is 83.8 Å². The zero-order chi connectivity index (χ0) is 21.8. The first-order valence-corrected chi connectivity index (χ1v) is 10.5. The van der Waals surface area contributed by atoms with Crippen LogP contribution in [0, 0.1) is 12.8 Å². The Labute approximate surface area is 181 Å². The minimum atomic E-state index is -0.136. The van der Waals surface area contributed by atoms with E-state index in [0.29, 0.717) is 43.9 Å². The number of urea groups is 1. The number of carbonyl (C=O) groups excluding carboxylic acids is 2. The third kappa shape index (κ3) is 4.50. The molecule has 0 unspecified atom stereocenters. The lowest BCUT2D eigenvalue weighted by molar-refractivity contribution is -0.121. The van der Waals surface area contributed by atoms with Crippen LogP contribution in [0.25, 0.3) is 11.0 Å². The number of ether oxygens (including phenoxy) is 1. The highest BCUT2D eigenvalue weighted by Crippen LogP contribution is 2.27. The molecule has 3 amide bonds. The first-order valence-electron chi connectivity index (χ1n) is 10.5. The number of carbonyl (C=O) groups is 2. The van der Waals surface area contributed by atoms with Gasteiger partial charge in [0.25, 0.3) is 0 Å². The van der Waals surface area contributed by atoms with Crippen molar-refractivity contribution in [3.63, 3.8) is 0 Å². The number of hydrogen-bond donors (Lipinski definition) is 2. The summed E-state index contributed by atoms with van der Waals surface area (Å²) in [5.74, 6) is 1.23. The number of nitrogens with one attached hydrogen (secondary N) is 2. The molecule has 1 aliphatic rings. The maximum absolute atomic E-state index is 12.6. The highest BCUT2D eigenvalue weighted by Gasteiger charge is 2.28. The third-order valence-electron chi connectivity index (χ3n) is 5.86. The van der Waals surface area contributed by atoms with Crippen molar-refractivity contribution < 1.29 is 18.7 Å². The van der Waals surface area contributed by atoms with Crippen LogP contribution in [-0.4, -0.2) is 37.0 Å². The zero-order valence-electron chi connectivity index (χ0n) is 17.8. The molecule has 162 valence electrons. The van der Waals surface area contributed by atoms with Crippen molar-refractivity contribution in [1.29, 1.82) is 0 Å². The number of anilines is 1. The molecule has 2 heterocycles. The Kier molecular flexibility index (Phi) is 6.11. The Morgan fingerprint density at radius 2 is 1.81 bits per heavy atom. The Balaban J connectivity index is 1.28. The molecule has 3 aromatic rings. The van der Waals surface area contributed by atoms with Gasteiger partial charge in [-0.25, -0.2) is 4.79 Å². The molecule has 4 rings (SSSR count). The second-order valence-electron chi connectivity index (χ2n) is 7.76. The van der Waals surface area contributed by atoms with Crippen molar-refractivity contribution in [3.05, 3.63) is 59.9 Å².